The van der Waals surface area contributed by atoms with Crippen LogP contribution >= 0.6 is 11.8 Å². The second kappa shape index (κ2) is 4.41. The molecule has 0 saturated carbocycles. The fraction of sp³-hybridized carbons (Fsp3) is 0.625. The summed E-state index contributed by atoms with van der Waals surface area (Å²) in [6, 6.07) is 0. The van der Waals surface area contributed by atoms with Crippen LogP contribution in [0.2, 0.25) is 0 Å². The van der Waals surface area contributed by atoms with E-state index < -0.39 is 0 Å². The number of rotatable bonds is 3. The summed E-state index contributed by atoms with van der Waals surface area (Å²) < 4.78 is 0. The van der Waals surface area contributed by atoms with E-state index in [9.17, 15) is 0 Å². The third kappa shape index (κ3) is 3.59. The first-order chi connectivity index (χ1) is 6.08. The van der Waals surface area contributed by atoms with Gasteiger partial charge in [0.25, 0.3) is 0 Å². The molecule has 4 nitrogen and oxygen atoms in total. The molecule has 0 aromatic carbocycles. The van der Waals surface area contributed by atoms with Crippen molar-refractivity contribution in [1.82, 2.24) is 15.0 Å². The number of nitrogen functional groups attached to an aromatic ring is 1. The van der Waals surface area contributed by atoms with Crippen molar-refractivity contribution in [2.45, 2.75) is 31.8 Å². The van der Waals surface area contributed by atoms with Crippen molar-refractivity contribution in [3.63, 3.8) is 0 Å². The second-order valence-corrected chi connectivity index (χ2v) is 4.58. The zero-order valence-electron chi connectivity index (χ0n) is 8.11. The maximum absolute atomic E-state index is 5.49. The molecular weight excluding hydrogens is 184 g/mol. The van der Waals surface area contributed by atoms with Gasteiger partial charge in [-0.2, -0.15) is 21.7 Å². The molecule has 0 atom stereocenters. The highest BCUT2D eigenvalue weighted by molar-refractivity contribution is 7.99. The van der Waals surface area contributed by atoms with E-state index in [2.05, 4.69) is 28.8 Å². The number of anilines is 1. The molecule has 0 aliphatic carbocycles. The maximum Gasteiger partial charge on any atom is 0.223 e. The molecule has 0 amide bonds. The number of hydrogen-bond donors (Lipinski definition) is 1. The van der Waals surface area contributed by atoms with Crippen molar-refractivity contribution >= 4 is 17.7 Å². The average Bonchev–Trinajstić information content (AvgIpc) is 1.99. The SMILES string of the molecule is Cc1nc(N)nc(CSC(C)C)n1. The number of aryl methyl sites for hydroxylation is 1. The van der Waals surface area contributed by atoms with E-state index in [0.29, 0.717) is 17.0 Å². The average molecular weight is 198 g/mol. The van der Waals surface area contributed by atoms with Crippen LogP contribution in [0.3, 0.4) is 0 Å². The van der Waals surface area contributed by atoms with Crippen LogP contribution in [-0.4, -0.2) is 20.2 Å². The summed E-state index contributed by atoms with van der Waals surface area (Å²) in [6.45, 7) is 6.10. The third-order valence-corrected chi connectivity index (χ3v) is 2.45. The Morgan fingerprint density at radius 3 is 2.54 bits per heavy atom. The van der Waals surface area contributed by atoms with Crippen molar-refractivity contribution in [3.8, 4) is 0 Å². The predicted molar refractivity (Wildman–Crippen MR) is 55.4 cm³/mol. The van der Waals surface area contributed by atoms with Gasteiger partial charge in [-0.3, -0.25) is 0 Å². The summed E-state index contributed by atoms with van der Waals surface area (Å²) in [4.78, 5) is 12.1. The van der Waals surface area contributed by atoms with Gasteiger partial charge in [-0.25, -0.2) is 4.98 Å². The second-order valence-electron chi connectivity index (χ2n) is 3.02. The van der Waals surface area contributed by atoms with Gasteiger partial charge in [-0.1, -0.05) is 13.8 Å². The van der Waals surface area contributed by atoms with E-state index in [4.69, 9.17) is 5.73 Å². The van der Waals surface area contributed by atoms with Crippen LogP contribution in [0.15, 0.2) is 0 Å². The lowest BCUT2D eigenvalue weighted by atomic mass is 10.6. The predicted octanol–water partition coefficient (Wildman–Crippen LogP) is 1.40. The smallest absolute Gasteiger partial charge is 0.223 e. The van der Waals surface area contributed by atoms with Gasteiger partial charge >= 0.3 is 0 Å². The van der Waals surface area contributed by atoms with Gasteiger partial charge in [0.15, 0.2) is 0 Å². The molecular formula is C8H14N4S. The normalized spacial score (nSPS) is 10.8. The Kier molecular flexibility index (Phi) is 3.48. The summed E-state index contributed by atoms with van der Waals surface area (Å²) in [6.07, 6.45) is 0. The number of nitrogens with two attached hydrogens (primary N) is 1. The zero-order chi connectivity index (χ0) is 9.84. The van der Waals surface area contributed by atoms with E-state index in [1.54, 1.807) is 11.8 Å². The molecule has 0 aliphatic heterocycles. The molecule has 1 aromatic heterocycles. The zero-order valence-corrected chi connectivity index (χ0v) is 8.93. The van der Waals surface area contributed by atoms with E-state index in [1.807, 2.05) is 6.92 Å². The quantitative estimate of drug-likeness (QED) is 0.795. The molecule has 1 rings (SSSR count). The monoisotopic (exact) mass is 198 g/mol. The van der Waals surface area contributed by atoms with Crippen LogP contribution < -0.4 is 5.73 Å². The first kappa shape index (κ1) is 10.2. The van der Waals surface area contributed by atoms with Gasteiger partial charge in [0.2, 0.25) is 5.95 Å². The first-order valence-corrected chi connectivity index (χ1v) is 5.21. The fourth-order valence-electron chi connectivity index (χ4n) is 0.866. The van der Waals surface area contributed by atoms with E-state index in [0.717, 1.165) is 11.6 Å². The van der Waals surface area contributed by atoms with Crippen LogP contribution in [0, 0.1) is 6.92 Å². The molecule has 0 bridgehead atoms. The Labute approximate surface area is 82.4 Å². The molecule has 0 aliphatic rings. The maximum atomic E-state index is 5.49. The van der Waals surface area contributed by atoms with E-state index in [-0.39, 0.29) is 0 Å². The van der Waals surface area contributed by atoms with Gasteiger partial charge in [-0.05, 0) is 12.2 Å². The van der Waals surface area contributed by atoms with Crippen molar-refractivity contribution < 1.29 is 0 Å². The fourth-order valence-corrected chi connectivity index (χ4v) is 1.48. The summed E-state index contributed by atoms with van der Waals surface area (Å²) in [5.74, 6) is 2.56. The number of thioether (sulfide) groups is 1. The van der Waals surface area contributed by atoms with Crippen molar-refractivity contribution in [2.75, 3.05) is 5.73 Å². The summed E-state index contributed by atoms with van der Waals surface area (Å²) in [7, 11) is 0. The van der Waals surface area contributed by atoms with Gasteiger partial charge < -0.3 is 5.73 Å². The van der Waals surface area contributed by atoms with Crippen molar-refractivity contribution in [2.24, 2.45) is 0 Å². The Hall–Kier alpha value is -0.840. The molecule has 0 spiro atoms. The van der Waals surface area contributed by atoms with Crippen LogP contribution in [0.4, 0.5) is 5.95 Å². The van der Waals surface area contributed by atoms with Crippen LogP contribution in [0.25, 0.3) is 0 Å². The van der Waals surface area contributed by atoms with Crippen LogP contribution in [0.1, 0.15) is 25.5 Å². The highest BCUT2D eigenvalue weighted by atomic mass is 32.2. The topological polar surface area (TPSA) is 64.7 Å². The lowest BCUT2D eigenvalue weighted by Crippen LogP contribution is -2.04. The van der Waals surface area contributed by atoms with Gasteiger partial charge in [0.05, 0.1) is 5.75 Å². The molecule has 0 radical (unpaired) electrons. The minimum absolute atomic E-state index is 0.312. The molecule has 72 valence electrons. The van der Waals surface area contributed by atoms with Crippen LogP contribution in [-0.2, 0) is 5.75 Å². The lowest BCUT2D eigenvalue weighted by molar-refractivity contribution is 0.920. The highest BCUT2D eigenvalue weighted by Crippen LogP contribution is 2.14. The third-order valence-electron chi connectivity index (χ3n) is 1.36. The molecule has 2 N–H and O–H groups in total. The van der Waals surface area contributed by atoms with E-state index in [1.165, 1.54) is 0 Å². The number of aromatic nitrogens is 3. The van der Waals surface area contributed by atoms with Crippen molar-refractivity contribution in [3.05, 3.63) is 11.6 Å². The van der Waals surface area contributed by atoms with Gasteiger partial charge in [-0.15, -0.1) is 0 Å². The largest absolute Gasteiger partial charge is 0.368 e. The molecule has 1 heterocycles. The molecule has 0 unspecified atom stereocenters. The van der Waals surface area contributed by atoms with E-state index >= 15 is 0 Å². The Morgan fingerprint density at radius 2 is 2.00 bits per heavy atom. The molecule has 13 heavy (non-hydrogen) atoms. The minimum atomic E-state index is 0.312. The first-order valence-electron chi connectivity index (χ1n) is 4.16. The Morgan fingerprint density at radius 1 is 1.31 bits per heavy atom. The van der Waals surface area contributed by atoms with Gasteiger partial charge in [0.1, 0.15) is 11.6 Å². The number of nitrogens with zero attached hydrogens (tertiary/aromatic N) is 3. The Bertz CT molecular complexity index is 267. The molecule has 1 aromatic rings. The van der Waals surface area contributed by atoms with Gasteiger partial charge in [0, 0.05) is 0 Å². The standard InChI is InChI=1S/C8H14N4S/c1-5(2)13-4-7-10-6(3)11-8(9)12-7/h5H,4H2,1-3H3,(H2,9,10,11,12). The summed E-state index contributed by atoms with van der Waals surface area (Å²) in [5.41, 5.74) is 5.49. The van der Waals surface area contributed by atoms with Crippen LogP contribution in [0.5, 0.6) is 0 Å². The molecule has 0 fully saturated rings. The molecule has 5 heteroatoms. The van der Waals surface area contributed by atoms with Crippen molar-refractivity contribution in [1.29, 1.82) is 0 Å². The Balaban J connectivity index is 2.66. The molecule has 0 saturated heterocycles. The number of hydrogen-bond acceptors (Lipinski definition) is 5. The highest BCUT2D eigenvalue weighted by Gasteiger charge is 2.02. The summed E-state index contributed by atoms with van der Waals surface area (Å²) in [5, 5.41) is 0.582. The summed E-state index contributed by atoms with van der Waals surface area (Å²) >= 11 is 1.79. The minimum Gasteiger partial charge on any atom is -0.368 e. The lowest BCUT2D eigenvalue weighted by Gasteiger charge is -2.04.